The van der Waals surface area contributed by atoms with Gasteiger partial charge in [-0.2, -0.15) is 46.9 Å². The first-order valence-electron chi connectivity index (χ1n) is 13.0. The minimum atomic E-state index is -4.82. The summed E-state index contributed by atoms with van der Waals surface area (Å²) in [6.07, 6.45) is -1.76. The van der Waals surface area contributed by atoms with E-state index in [1.165, 1.54) is 58.8 Å². The number of alkyl halides is 8. The highest BCUT2D eigenvalue weighted by Crippen LogP contribution is 2.75. The lowest BCUT2D eigenvalue weighted by Crippen LogP contribution is -2.62. The van der Waals surface area contributed by atoms with E-state index in [0.29, 0.717) is 23.7 Å². The van der Waals surface area contributed by atoms with Crippen LogP contribution < -0.4 is 0 Å². The van der Waals surface area contributed by atoms with Crippen LogP contribution in [0.5, 0.6) is 0 Å². The van der Waals surface area contributed by atoms with Gasteiger partial charge >= 0.3 is 11.7 Å². The molecule has 0 nitrogen and oxygen atoms in total. The fourth-order valence-electron chi connectivity index (χ4n) is 3.67. The van der Waals surface area contributed by atoms with Gasteiger partial charge in [-0.05, 0) is 60.3 Å². The van der Waals surface area contributed by atoms with Gasteiger partial charge in [-0.15, -0.1) is 58.8 Å². The van der Waals surface area contributed by atoms with Crippen molar-refractivity contribution in [3.05, 3.63) is 0 Å². The molecule has 0 fully saturated rings. The van der Waals surface area contributed by atoms with E-state index < -0.39 is 40.7 Å². The fourth-order valence-corrected chi connectivity index (χ4v) is 20.0. The van der Waals surface area contributed by atoms with Crippen molar-refractivity contribution in [1.29, 1.82) is 0 Å². The number of unbranched alkanes of at least 4 members (excludes halogenated alkanes) is 1. The number of hydrogen-bond acceptors (Lipinski definition) is 8. The Morgan fingerprint density at radius 3 is 1.68 bits per heavy atom. The third-order valence-corrected chi connectivity index (χ3v) is 19.9. The Morgan fingerprint density at radius 1 is 0.700 bits per heavy atom. The zero-order valence-electron chi connectivity index (χ0n) is 23.9. The van der Waals surface area contributed by atoms with Gasteiger partial charge < -0.3 is 0 Å². The maximum atomic E-state index is 14.5. The second-order valence-corrected chi connectivity index (χ2v) is 21.1. The first kappa shape index (κ1) is 42.2. The van der Waals surface area contributed by atoms with Crippen molar-refractivity contribution in [3.8, 4) is 0 Å². The molecule has 0 aromatic rings. The molecule has 0 aliphatic rings. The molecule has 0 amide bonds. The van der Waals surface area contributed by atoms with Gasteiger partial charge in [0.05, 0.1) is 0 Å². The van der Waals surface area contributed by atoms with Crippen molar-refractivity contribution in [2.45, 2.75) is 113 Å². The standard InChI is InChI=1S/C24H42F8S8/c1-8-11-15-36-23(38-17(4)5,37-16-12-13-20(27,28)29)22(34-10-3,35-14-9-2)21(18(6)33-7,39-19(25)26)40-24(30,31)32/h17-19H,8-16H2,1-7H3. The molecule has 0 aliphatic carbocycles. The Hall–Kier alpha value is 2.24. The molecule has 4 unspecified atom stereocenters. The summed E-state index contributed by atoms with van der Waals surface area (Å²) >= 11 is 7.46. The molecule has 0 aromatic carbocycles. The summed E-state index contributed by atoms with van der Waals surface area (Å²) in [5.41, 5.74) is -4.82. The molecule has 16 heteroatoms. The SMILES string of the molecule is CCCCSC(SCCCC(F)(F)F)(SC(C)C)C(SCC)(SCCC)C(SC(F)F)(SC(F)(F)F)C(C)SC. The average molecular weight is 739 g/mol. The topological polar surface area (TPSA) is 0 Å². The summed E-state index contributed by atoms with van der Waals surface area (Å²) in [5.74, 6) is -1.69. The van der Waals surface area contributed by atoms with Gasteiger partial charge in [-0.3, -0.25) is 0 Å². The number of rotatable bonds is 22. The maximum absolute atomic E-state index is 14.5. The van der Waals surface area contributed by atoms with Crippen molar-refractivity contribution in [3.63, 3.8) is 0 Å². The second kappa shape index (κ2) is 19.7. The highest BCUT2D eigenvalue weighted by molar-refractivity contribution is 8.38. The van der Waals surface area contributed by atoms with Crippen LogP contribution >= 0.6 is 94.1 Å². The largest absolute Gasteiger partial charge is 0.443 e. The first-order valence-corrected chi connectivity index (χ1v) is 20.8. The summed E-state index contributed by atoms with van der Waals surface area (Å²) < 4.78 is 107. The van der Waals surface area contributed by atoms with Crippen molar-refractivity contribution >= 4 is 94.1 Å². The van der Waals surface area contributed by atoms with Crippen LogP contribution in [0.4, 0.5) is 35.1 Å². The van der Waals surface area contributed by atoms with Crippen molar-refractivity contribution in [1.82, 2.24) is 0 Å². The van der Waals surface area contributed by atoms with Crippen molar-refractivity contribution in [2.24, 2.45) is 0 Å². The van der Waals surface area contributed by atoms with Gasteiger partial charge in [0.1, 0.15) is 11.6 Å². The van der Waals surface area contributed by atoms with Gasteiger partial charge in [0.25, 0.3) is 5.76 Å². The molecule has 0 aromatic heterocycles. The molecule has 0 saturated heterocycles. The monoisotopic (exact) mass is 738 g/mol. The molecule has 0 saturated carbocycles. The van der Waals surface area contributed by atoms with Crippen LogP contribution in [0.1, 0.15) is 73.6 Å². The van der Waals surface area contributed by atoms with E-state index in [4.69, 9.17) is 0 Å². The molecule has 0 radical (unpaired) electrons. The zero-order valence-corrected chi connectivity index (χ0v) is 30.4. The molecule has 0 heterocycles. The fraction of sp³-hybridized carbons (Fsp3) is 1.00. The van der Waals surface area contributed by atoms with E-state index in [2.05, 4.69) is 0 Å². The van der Waals surface area contributed by atoms with Crippen molar-refractivity contribution in [2.75, 3.05) is 29.3 Å². The molecule has 0 N–H and O–H groups in total. The Balaban J connectivity index is 7.72. The summed E-state index contributed by atoms with van der Waals surface area (Å²) in [6, 6.07) is 0. The predicted molar refractivity (Wildman–Crippen MR) is 177 cm³/mol. The molecule has 40 heavy (non-hydrogen) atoms. The molecular weight excluding hydrogens is 697 g/mol. The van der Waals surface area contributed by atoms with E-state index in [9.17, 15) is 35.1 Å². The second-order valence-electron chi connectivity index (χ2n) is 8.86. The lowest BCUT2D eigenvalue weighted by molar-refractivity contribution is -0.134. The van der Waals surface area contributed by atoms with E-state index in [1.54, 1.807) is 13.2 Å². The molecular formula is C24H42F8S8. The average Bonchev–Trinajstić information content (AvgIpc) is 2.81. The Kier molecular flexibility index (Phi) is 20.8. The molecule has 0 aliphatic heterocycles. The smallest absolute Gasteiger partial charge is 0.198 e. The Bertz CT molecular complexity index is 682. The summed E-state index contributed by atoms with van der Waals surface area (Å²) in [5, 5.41) is -0.978. The third kappa shape index (κ3) is 13.3. The highest BCUT2D eigenvalue weighted by atomic mass is 32.3. The van der Waals surface area contributed by atoms with Crippen LogP contribution in [-0.2, 0) is 0 Å². The van der Waals surface area contributed by atoms with Gasteiger partial charge in [-0.1, -0.05) is 59.7 Å². The van der Waals surface area contributed by atoms with E-state index >= 15 is 0 Å². The Morgan fingerprint density at radius 2 is 1.27 bits per heavy atom. The Labute approximate surface area is 269 Å². The van der Waals surface area contributed by atoms with E-state index in [1.807, 2.05) is 34.6 Å². The van der Waals surface area contributed by atoms with Gasteiger partial charge in [-0.25, -0.2) is 0 Å². The quantitative estimate of drug-likeness (QED) is 0.0604. The highest BCUT2D eigenvalue weighted by Gasteiger charge is 2.70. The van der Waals surface area contributed by atoms with Crippen LogP contribution in [0.25, 0.3) is 0 Å². The summed E-state index contributed by atoms with van der Waals surface area (Å²) in [4.78, 5) is 0. The van der Waals surface area contributed by atoms with Crippen molar-refractivity contribution < 1.29 is 35.1 Å². The van der Waals surface area contributed by atoms with Crippen LogP contribution in [0.3, 0.4) is 0 Å². The first-order chi connectivity index (χ1) is 18.4. The maximum Gasteiger partial charge on any atom is 0.443 e. The normalized spacial score (nSPS) is 18.5. The van der Waals surface area contributed by atoms with E-state index in [-0.39, 0.29) is 40.9 Å². The molecule has 242 valence electrons. The minimum absolute atomic E-state index is 0.0524. The minimum Gasteiger partial charge on any atom is -0.198 e. The number of hydrogen-bond donors (Lipinski definition) is 0. The number of thioether (sulfide) groups is 8. The van der Waals surface area contributed by atoms with Crippen LogP contribution in [0, 0.1) is 0 Å². The summed E-state index contributed by atoms with van der Waals surface area (Å²) in [6.45, 7) is 11.1. The number of halogens is 8. The van der Waals surface area contributed by atoms with Gasteiger partial charge in [0.15, 0.2) is 0 Å². The predicted octanol–water partition coefficient (Wildman–Crippen LogP) is 12.6. The zero-order chi connectivity index (χ0) is 31.3. The lowest BCUT2D eigenvalue weighted by atomic mass is 10.2. The third-order valence-electron chi connectivity index (χ3n) is 5.22. The van der Waals surface area contributed by atoms with Gasteiger partial charge in [0.2, 0.25) is 0 Å². The lowest BCUT2D eigenvalue weighted by Gasteiger charge is -2.59. The van der Waals surface area contributed by atoms with Crippen LogP contribution in [0.15, 0.2) is 0 Å². The molecule has 0 rings (SSSR count). The van der Waals surface area contributed by atoms with E-state index in [0.717, 1.165) is 24.6 Å². The summed E-state index contributed by atoms with van der Waals surface area (Å²) in [7, 11) is 0. The van der Waals surface area contributed by atoms with Crippen LogP contribution in [0.2, 0.25) is 0 Å². The molecule has 0 bridgehead atoms. The molecule has 4 atom stereocenters. The van der Waals surface area contributed by atoms with Crippen LogP contribution in [-0.4, -0.2) is 68.8 Å². The van der Waals surface area contributed by atoms with Gasteiger partial charge in [0, 0.05) is 16.9 Å². The molecule has 0 spiro atoms.